The van der Waals surface area contributed by atoms with E-state index in [1.165, 1.54) is 9.75 Å². The molecule has 0 amide bonds. The summed E-state index contributed by atoms with van der Waals surface area (Å²) in [6.45, 7) is 4.32. The van der Waals surface area contributed by atoms with Crippen LogP contribution in [0.4, 0.5) is 11.6 Å². The van der Waals surface area contributed by atoms with Gasteiger partial charge in [0.15, 0.2) is 5.16 Å². The Kier molecular flexibility index (Phi) is 5.25. The maximum atomic E-state index is 4.49. The zero-order valence-corrected chi connectivity index (χ0v) is 13.9. The van der Waals surface area contributed by atoms with Gasteiger partial charge in [-0.05, 0) is 32.2 Å². The van der Waals surface area contributed by atoms with Gasteiger partial charge < -0.3 is 10.6 Å². The molecule has 0 fully saturated rings. The van der Waals surface area contributed by atoms with Crippen molar-refractivity contribution in [1.82, 2.24) is 9.97 Å². The van der Waals surface area contributed by atoms with Gasteiger partial charge in [-0.3, -0.25) is 0 Å². The van der Waals surface area contributed by atoms with Crippen molar-refractivity contribution in [3.8, 4) is 0 Å². The molecule has 2 rings (SSSR count). The third-order valence-electron chi connectivity index (χ3n) is 2.84. The first-order valence-corrected chi connectivity index (χ1v) is 8.57. The highest BCUT2D eigenvalue weighted by atomic mass is 32.2. The fraction of sp³-hybridized carbons (Fsp3) is 0.429. The summed E-state index contributed by atoms with van der Waals surface area (Å²) in [6, 6.07) is 6.64. The van der Waals surface area contributed by atoms with Crippen LogP contribution in [0.2, 0.25) is 0 Å². The second-order valence-corrected chi connectivity index (χ2v) is 6.78. The first-order chi connectivity index (χ1) is 9.60. The van der Waals surface area contributed by atoms with Crippen molar-refractivity contribution < 1.29 is 0 Å². The normalized spacial score (nSPS) is 12.2. The molecule has 0 aliphatic rings. The summed E-state index contributed by atoms with van der Waals surface area (Å²) in [5.41, 5.74) is 0. The smallest absolute Gasteiger partial charge is 0.191 e. The number of nitrogens with zero attached hydrogens (tertiary/aromatic N) is 2. The predicted octanol–water partition coefficient (Wildman–Crippen LogP) is 3.65. The fourth-order valence-electron chi connectivity index (χ4n) is 1.92. The second-order valence-electron chi connectivity index (χ2n) is 4.64. The highest BCUT2D eigenvalue weighted by Crippen LogP contribution is 2.20. The Labute approximate surface area is 128 Å². The minimum atomic E-state index is 0.336. The zero-order chi connectivity index (χ0) is 14.5. The van der Waals surface area contributed by atoms with E-state index in [2.05, 4.69) is 46.6 Å². The van der Waals surface area contributed by atoms with Crippen LogP contribution in [0.25, 0.3) is 0 Å². The molecule has 108 valence electrons. The molecule has 6 heteroatoms. The molecule has 2 aromatic rings. The van der Waals surface area contributed by atoms with Crippen molar-refractivity contribution in [2.24, 2.45) is 0 Å². The SMILES string of the molecule is CNc1cc(NC(C)Cc2ccc(C)s2)nc(SC)n1. The van der Waals surface area contributed by atoms with Crippen LogP contribution in [0.15, 0.2) is 23.4 Å². The van der Waals surface area contributed by atoms with E-state index < -0.39 is 0 Å². The number of thiophene rings is 1. The molecule has 0 spiro atoms. The van der Waals surface area contributed by atoms with E-state index in [0.717, 1.165) is 23.2 Å². The van der Waals surface area contributed by atoms with Gasteiger partial charge >= 0.3 is 0 Å². The lowest BCUT2D eigenvalue weighted by molar-refractivity contribution is 0.787. The van der Waals surface area contributed by atoms with Crippen LogP contribution in [0, 0.1) is 6.92 Å². The number of nitrogens with one attached hydrogen (secondary N) is 2. The quantitative estimate of drug-likeness (QED) is 0.630. The van der Waals surface area contributed by atoms with Crippen LogP contribution < -0.4 is 10.6 Å². The van der Waals surface area contributed by atoms with Gasteiger partial charge in [-0.15, -0.1) is 11.3 Å². The number of hydrogen-bond acceptors (Lipinski definition) is 6. The molecule has 0 bridgehead atoms. The van der Waals surface area contributed by atoms with Crippen LogP contribution >= 0.6 is 23.1 Å². The van der Waals surface area contributed by atoms with Crippen LogP contribution in [0.5, 0.6) is 0 Å². The molecule has 1 atom stereocenters. The van der Waals surface area contributed by atoms with Gasteiger partial charge in [-0.2, -0.15) is 0 Å². The minimum absolute atomic E-state index is 0.336. The summed E-state index contributed by atoms with van der Waals surface area (Å²) in [4.78, 5) is 11.6. The Morgan fingerprint density at radius 1 is 1.30 bits per heavy atom. The van der Waals surface area contributed by atoms with Gasteiger partial charge in [0.05, 0.1) is 0 Å². The molecule has 0 aliphatic heterocycles. The molecule has 4 nitrogen and oxygen atoms in total. The number of thioether (sulfide) groups is 1. The summed E-state index contributed by atoms with van der Waals surface area (Å²) < 4.78 is 0. The van der Waals surface area contributed by atoms with E-state index in [9.17, 15) is 0 Å². The molecular formula is C14H20N4S2. The maximum Gasteiger partial charge on any atom is 0.191 e. The maximum absolute atomic E-state index is 4.49. The predicted molar refractivity (Wildman–Crippen MR) is 89.2 cm³/mol. The standard InChI is InChI=1S/C14H20N4S2/c1-9(7-11-6-5-10(2)20-11)16-13-8-12(15-3)17-14(18-13)19-4/h5-6,8-9H,7H2,1-4H3,(H2,15,16,17,18). The molecule has 2 N–H and O–H groups in total. The van der Waals surface area contributed by atoms with Crippen LogP contribution in [-0.2, 0) is 6.42 Å². The Balaban J connectivity index is 2.04. The van der Waals surface area contributed by atoms with Gasteiger partial charge in [0, 0.05) is 35.3 Å². The van der Waals surface area contributed by atoms with Crippen molar-refractivity contribution in [2.75, 3.05) is 23.9 Å². The fourth-order valence-corrected chi connectivity index (χ4v) is 3.32. The largest absolute Gasteiger partial charge is 0.373 e. The molecule has 0 saturated heterocycles. The lowest BCUT2D eigenvalue weighted by atomic mass is 10.2. The average Bonchev–Trinajstić information content (AvgIpc) is 2.83. The third-order valence-corrected chi connectivity index (χ3v) is 4.41. The Hall–Kier alpha value is -1.27. The highest BCUT2D eigenvalue weighted by molar-refractivity contribution is 7.98. The van der Waals surface area contributed by atoms with Crippen LogP contribution in [0.3, 0.4) is 0 Å². The zero-order valence-electron chi connectivity index (χ0n) is 12.2. The summed E-state index contributed by atoms with van der Waals surface area (Å²) >= 11 is 3.40. The van der Waals surface area contributed by atoms with Crippen LogP contribution in [0.1, 0.15) is 16.7 Å². The molecule has 2 aromatic heterocycles. The number of anilines is 2. The Bertz CT molecular complexity index is 546. The number of hydrogen-bond donors (Lipinski definition) is 2. The van der Waals surface area contributed by atoms with Crippen molar-refractivity contribution >= 4 is 34.7 Å². The highest BCUT2D eigenvalue weighted by Gasteiger charge is 2.08. The number of aryl methyl sites for hydroxylation is 1. The summed E-state index contributed by atoms with van der Waals surface area (Å²) in [7, 11) is 1.87. The number of aromatic nitrogens is 2. The van der Waals surface area contributed by atoms with E-state index >= 15 is 0 Å². The minimum Gasteiger partial charge on any atom is -0.373 e. The molecule has 1 unspecified atom stereocenters. The van der Waals surface area contributed by atoms with Crippen LogP contribution in [-0.4, -0.2) is 29.3 Å². The second kappa shape index (κ2) is 6.95. The summed E-state index contributed by atoms with van der Waals surface area (Å²) in [5.74, 6) is 1.71. The molecule has 0 saturated carbocycles. The molecule has 2 heterocycles. The van der Waals surface area contributed by atoms with Gasteiger partial charge in [0.25, 0.3) is 0 Å². The Morgan fingerprint density at radius 2 is 2.05 bits per heavy atom. The van der Waals surface area contributed by atoms with Gasteiger partial charge in [0.2, 0.25) is 0 Å². The van der Waals surface area contributed by atoms with Crippen molar-refractivity contribution in [1.29, 1.82) is 0 Å². The molecule has 0 radical (unpaired) electrons. The van der Waals surface area contributed by atoms with Gasteiger partial charge in [-0.25, -0.2) is 9.97 Å². The molecular weight excluding hydrogens is 288 g/mol. The molecule has 20 heavy (non-hydrogen) atoms. The molecule has 0 aromatic carbocycles. The van der Waals surface area contributed by atoms with E-state index in [-0.39, 0.29) is 0 Å². The van der Waals surface area contributed by atoms with Gasteiger partial charge in [0.1, 0.15) is 11.6 Å². The monoisotopic (exact) mass is 308 g/mol. The first-order valence-electron chi connectivity index (χ1n) is 6.53. The average molecular weight is 308 g/mol. The van der Waals surface area contributed by atoms with E-state index in [1.54, 1.807) is 11.8 Å². The topological polar surface area (TPSA) is 49.8 Å². The summed E-state index contributed by atoms with van der Waals surface area (Å²) in [6.07, 6.45) is 2.99. The van der Waals surface area contributed by atoms with E-state index in [1.807, 2.05) is 30.7 Å². The van der Waals surface area contributed by atoms with E-state index in [0.29, 0.717) is 6.04 Å². The van der Waals surface area contributed by atoms with Crippen molar-refractivity contribution in [2.45, 2.75) is 31.5 Å². The lowest BCUT2D eigenvalue weighted by Crippen LogP contribution is -2.18. The number of rotatable bonds is 6. The lowest BCUT2D eigenvalue weighted by Gasteiger charge is -2.15. The van der Waals surface area contributed by atoms with Gasteiger partial charge in [-0.1, -0.05) is 11.8 Å². The van der Waals surface area contributed by atoms with E-state index in [4.69, 9.17) is 0 Å². The van der Waals surface area contributed by atoms with Crippen molar-refractivity contribution in [3.05, 3.63) is 28.0 Å². The Morgan fingerprint density at radius 3 is 2.65 bits per heavy atom. The third kappa shape index (κ3) is 4.11. The van der Waals surface area contributed by atoms with Crippen molar-refractivity contribution in [3.63, 3.8) is 0 Å². The molecule has 0 aliphatic carbocycles. The summed E-state index contributed by atoms with van der Waals surface area (Å²) in [5, 5.41) is 7.29. The first kappa shape index (κ1) is 15.1.